The van der Waals surface area contributed by atoms with Gasteiger partial charge in [-0.3, -0.25) is 8.72 Å². The van der Waals surface area contributed by atoms with Crippen LogP contribution in [0.5, 0.6) is 0 Å². The van der Waals surface area contributed by atoms with Gasteiger partial charge in [0.05, 0.1) is 22.2 Å². The molecular weight excluding hydrogens is 242 g/mol. The Kier molecular flexibility index (Phi) is 1.71. The van der Waals surface area contributed by atoms with E-state index in [-0.39, 0.29) is 11.9 Å². The Bertz CT molecular complexity index is 400. The molecule has 1 heterocycles. The van der Waals surface area contributed by atoms with E-state index in [0.29, 0.717) is 5.92 Å². The molecule has 1 fully saturated rings. The highest BCUT2D eigenvalue weighted by Crippen LogP contribution is 2.50. The van der Waals surface area contributed by atoms with Crippen LogP contribution in [0.2, 0.25) is 0 Å². The summed E-state index contributed by atoms with van der Waals surface area (Å²) in [6, 6.07) is 8.19. The zero-order valence-corrected chi connectivity index (χ0v) is 9.20. The average molecular weight is 252 g/mol. The first kappa shape index (κ1) is 8.48. The van der Waals surface area contributed by atoms with Gasteiger partial charge in [0, 0.05) is 5.56 Å². The van der Waals surface area contributed by atoms with Gasteiger partial charge >= 0.3 is 0 Å². The van der Waals surface area contributed by atoms with Crippen LogP contribution in [0, 0.1) is 5.92 Å². The number of carbonyl (C=O) groups excluding carboxylic acids is 1. The van der Waals surface area contributed by atoms with Gasteiger partial charge in [-0.2, -0.15) is 0 Å². The van der Waals surface area contributed by atoms with Crippen molar-refractivity contribution in [1.82, 2.24) is 3.93 Å². The normalized spacial score (nSPS) is 25.4. The first-order valence-corrected chi connectivity index (χ1v) is 5.58. The van der Waals surface area contributed by atoms with Crippen LogP contribution in [-0.4, -0.2) is 9.83 Å². The van der Waals surface area contributed by atoms with E-state index in [1.54, 1.807) is 3.93 Å². The van der Waals surface area contributed by atoms with Crippen molar-refractivity contribution in [3.8, 4) is 0 Å². The highest BCUT2D eigenvalue weighted by molar-refractivity contribution is 9.07. The number of benzene rings is 1. The quantitative estimate of drug-likeness (QED) is 0.704. The van der Waals surface area contributed by atoms with Crippen LogP contribution in [0.25, 0.3) is 0 Å². The molecule has 0 spiro atoms. The second-order valence-corrected chi connectivity index (χ2v) is 4.75. The zero-order valence-electron chi connectivity index (χ0n) is 7.61. The Morgan fingerprint density at radius 3 is 2.71 bits per heavy atom. The highest BCUT2D eigenvalue weighted by atomic mass is 79.9. The standard InChI is InChI=1S/C11H10BrNO/c12-13-10(7-5-6-7)8-3-1-2-4-9(8)11(13)14/h1-4,7,10H,5-6H2/t10-/m0/s1. The largest absolute Gasteiger partial charge is 0.268 e. The van der Waals surface area contributed by atoms with E-state index in [2.05, 4.69) is 22.2 Å². The Balaban J connectivity index is 2.12. The van der Waals surface area contributed by atoms with E-state index in [1.165, 1.54) is 18.4 Å². The van der Waals surface area contributed by atoms with Crippen molar-refractivity contribution in [3.05, 3.63) is 35.4 Å². The van der Waals surface area contributed by atoms with Crippen molar-refractivity contribution in [2.45, 2.75) is 18.9 Å². The summed E-state index contributed by atoms with van der Waals surface area (Å²) < 4.78 is 1.72. The van der Waals surface area contributed by atoms with Crippen molar-refractivity contribution in [2.75, 3.05) is 0 Å². The topological polar surface area (TPSA) is 20.3 Å². The molecule has 1 aromatic rings. The molecule has 1 amide bonds. The summed E-state index contributed by atoms with van der Waals surface area (Å²) in [6.07, 6.45) is 2.49. The molecule has 2 nitrogen and oxygen atoms in total. The summed E-state index contributed by atoms with van der Waals surface area (Å²) in [7, 11) is 0. The first-order chi connectivity index (χ1) is 6.79. The summed E-state index contributed by atoms with van der Waals surface area (Å²) in [6.45, 7) is 0. The van der Waals surface area contributed by atoms with Crippen LogP contribution in [0.4, 0.5) is 0 Å². The molecule has 3 rings (SSSR count). The molecule has 1 saturated carbocycles. The van der Waals surface area contributed by atoms with Gasteiger partial charge in [-0.15, -0.1) is 0 Å². The van der Waals surface area contributed by atoms with Gasteiger partial charge < -0.3 is 0 Å². The van der Waals surface area contributed by atoms with Crippen molar-refractivity contribution < 1.29 is 4.79 Å². The van der Waals surface area contributed by atoms with Gasteiger partial charge in [-0.1, -0.05) is 18.2 Å². The van der Waals surface area contributed by atoms with Gasteiger partial charge in [0.2, 0.25) is 0 Å². The van der Waals surface area contributed by atoms with E-state index in [9.17, 15) is 4.79 Å². The minimum Gasteiger partial charge on any atom is -0.268 e. The third-order valence-electron chi connectivity index (χ3n) is 3.02. The summed E-state index contributed by atoms with van der Waals surface area (Å²) in [5.74, 6) is 0.777. The number of hydrogen-bond donors (Lipinski definition) is 0. The fourth-order valence-electron chi connectivity index (χ4n) is 2.16. The van der Waals surface area contributed by atoms with E-state index in [1.807, 2.05) is 18.2 Å². The Hall–Kier alpha value is -0.830. The molecule has 14 heavy (non-hydrogen) atoms. The summed E-state index contributed by atoms with van der Waals surface area (Å²) in [5, 5.41) is 0. The average Bonchev–Trinajstić information content (AvgIpc) is 2.99. The lowest BCUT2D eigenvalue weighted by atomic mass is 10.0. The maximum atomic E-state index is 11.8. The molecule has 0 radical (unpaired) electrons. The second-order valence-electron chi connectivity index (χ2n) is 3.99. The molecular formula is C11H10BrNO. The van der Waals surface area contributed by atoms with Crippen molar-refractivity contribution >= 4 is 22.1 Å². The van der Waals surface area contributed by atoms with Gasteiger partial charge in [0.15, 0.2) is 0 Å². The number of nitrogens with zero attached hydrogens (tertiary/aromatic N) is 1. The zero-order chi connectivity index (χ0) is 9.71. The number of amides is 1. The molecule has 2 aliphatic rings. The lowest BCUT2D eigenvalue weighted by Gasteiger charge is -2.17. The second kappa shape index (κ2) is 2.83. The van der Waals surface area contributed by atoms with Crippen LogP contribution in [0.1, 0.15) is 34.8 Å². The van der Waals surface area contributed by atoms with E-state index in [4.69, 9.17) is 0 Å². The number of halogens is 1. The van der Waals surface area contributed by atoms with Crippen molar-refractivity contribution in [1.29, 1.82) is 0 Å². The molecule has 0 saturated heterocycles. The van der Waals surface area contributed by atoms with E-state index in [0.717, 1.165) is 5.56 Å². The van der Waals surface area contributed by atoms with Crippen molar-refractivity contribution in [2.24, 2.45) is 5.92 Å². The molecule has 72 valence electrons. The molecule has 0 N–H and O–H groups in total. The Morgan fingerprint density at radius 2 is 2.00 bits per heavy atom. The van der Waals surface area contributed by atoms with Gasteiger partial charge in [0.1, 0.15) is 0 Å². The number of fused-ring (bicyclic) bond motifs is 1. The number of rotatable bonds is 1. The minimum atomic E-state index is 0.109. The molecule has 1 aromatic carbocycles. The van der Waals surface area contributed by atoms with Crippen LogP contribution >= 0.6 is 16.1 Å². The summed E-state index contributed by atoms with van der Waals surface area (Å²) >= 11 is 3.38. The third kappa shape index (κ3) is 1.05. The van der Waals surface area contributed by atoms with Gasteiger partial charge in [-0.05, 0) is 30.4 Å². The van der Waals surface area contributed by atoms with Crippen LogP contribution in [0.15, 0.2) is 24.3 Å². The van der Waals surface area contributed by atoms with Crippen LogP contribution in [-0.2, 0) is 0 Å². The first-order valence-electron chi connectivity index (χ1n) is 4.87. The predicted molar refractivity (Wildman–Crippen MR) is 57.0 cm³/mol. The summed E-state index contributed by atoms with van der Waals surface area (Å²) in [4.78, 5) is 11.8. The molecule has 3 heteroatoms. The number of carbonyl (C=O) groups is 1. The smallest absolute Gasteiger partial charge is 0.264 e. The van der Waals surface area contributed by atoms with Crippen LogP contribution < -0.4 is 0 Å². The molecule has 1 atom stereocenters. The Labute approximate surface area is 91.2 Å². The predicted octanol–water partition coefficient (Wildman–Crippen LogP) is 2.90. The summed E-state index contributed by atoms with van der Waals surface area (Å²) in [5.41, 5.74) is 2.05. The highest BCUT2D eigenvalue weighted by Gasteiger charge is 2.44. The monoisotopic (exact) mass is 251 g/mol. The molecule has 1 aliphatic carbocycles. The number of hydrogen-bond acceptors (Lipinski definition) is 1. The fraction of sp³-hybridized carbons (Fsp3) is 0.364. The third-order valence-corrected chi connectivity index (χ3v) is 3.78. The van der Waals surface area contributed by atoms with Crippen LogP contribution in [0.3, 0.4) is 0 Å². The molecule has 0 bridgehead atoms. The maximum absolute atomic E-state index is 11.8. The molecule has 1 aliphatic heterocycles. The molecule has 0 aromatic heterocycles. The fourth-order valence-corrected chi connectivity index (χ4v) is 2.91. The lowest BCUT2D eigenvalue weighted by molar-refractivity contribution is 0.0866. The SMILES string of the molecule is O=C1c2ccccc2[C@H](C2CC2)N1Br. The van der Waals surface area contributed by atoms with E-state index >= 15 is 0 Å². The lowest BCUT2D eigenvalue weighted by Crippen LogP contribution is -2.17. The minimum absolute atomic E-state index is 0.109. The van der Waals surface area contributed by atoms with Gasteiger partial charge in [0.25, 0.3) is 5.91 Å². The van der Waals surface area contributed by atoms with Gasteiger partial charge in [-0.25, -0.2) is 0 Å². The van der Waals surface area contributed by atoms with E-state index < -0.39 is 0 Å². The van der Waals surface area contributed by atoms with Crippen molar-refractivity contribution in [3.63, 3.8) is 0 Å². The molecule has 0 unspecified atom stereocenters. The Morgan fingerprint density at radius 1 is 1.29 bits per heavy atom. The maximum Gasteiger partial charge on any atom is 0.264 e.